The third-order valence-corrected chi connectivity index (χ3v) is 7.29. The van der Waals surface area contributed by atoms with Gasteiger partial charge in [0.25, 0.3) is 0 Å². The number of aromatic nitrogens is 2. The lowest BCUT2D eigenvalue weighted by molar-refractivity contribution is 0.163. The van der Waals surface area contributed by atoms with Crippen molar-refractivity contribution in [2.45, 2.75) is 18.4 Å². The maximum Gasteiger partial charge on any atom is 0.243 e. The normalized spacial score (nSPS) is 16.2. The Morgan fingerprint density at radius 3 is 2.48 bits per heavy atom. The van der Waals surface area contributed by atoms with Crippen LogP contribution in [0.3, 0.4) is 0 Å². The smallest absolute Gasteiger partial charge is 0.243 e. The molecule has 9 heteroatoms. The molecule has 1 saturated heterocycles. The molecule has 0 spiro atoms. The Labute approximate surface area is 178 Å². The highest BCUT2D eigenvalue weighted by molar-refractivity contribution is 9.10. The zero-order valence-corrected chi connectivity index (χ0v) is 18.4. The first-order chi connectivity index (χ1) is 13.9. The fraction of sp³-hybridized carbons (Fsp3) is 0.300. The molecule has 0 N–H and O–H groups in total. The molecule has 7 nitrogen and oxygen atoms in total. The summed E-state index contributed by atoms with van der Waals surface area (Å²) in [6.07, 6.45) is 0. The van der Waals surface area contributed by atoms with Gasteiger partial charge in [0, 0.05) is 36.2 Å². The standard InChI is InChI=1S/C20H21BrN4O3S/c1-15-5-7-16(8-6-15)20-22-19(28-23-20)14-24-9-11-25(12-10-24)29(26,27)18-4-2-3-17(21)13-18/h2-8,13H,9-12,14H2,1H3. The third kappa shape index (κ3) is 4.58. The van der Waals surface area contributed by atoms with Gasteiger partial charge >= 0.3 is 0 Å². The van der Waals surface area contributed by atoms with Gasteiger partial charge in [-0.3, -0.25) is 4.90 Å². The van der Waals surface area contributed by atoms with E-state index in [-0.39, 0.29) is 0 Å². The predicted molar refractivity (Wildman–Crippen MR) is 113 cm³/mol. The van der Waals surface area contributed by atoms with Crippen LogP contribution in [0.4, 0.5) is 0 Å². The summed E-state index contributed by atoms with van der Waals surface area (Å²) in [5.74, 6) is 1.10. The molecule has 1 aromatic heterocycles. The maximum absolute atomic E-state index is 12.8. The lowest BCUT2D eigenvalue weighted by atomic mass is 10.1. The summed E-state index contributed by atoms with van der Waals surface area (Å²) in [6.45, 7) is 4.60. The lowest BCUT2D eigenvalue weighted by Gasteiger charge is -2.33. The van der Waals surface area contributed by atoms with Crippen LogP contribution in [0, 0.1) is 6.92 Å². The minimum absolute atomic E-state index is 0.306. The van der Waals surface area contributed by atoms with Gasteiger partial charge in [-0.15, -0.1) is 0 Å². The molecule has 1 aliphatic rings. The van der Waals surface area contributed by atoms with Crippen molar-refractivity contribution < 1.29 is 12.9 Å². The van der Waals surface area contributed by atoms with Crippen molar-refractivity contribution in [3.8, 4) is 11.4 Å². The fourth-order valence-corrected chi connectivity index (χ4v) is 5.25. The van der Waals surface area contributed by atoms with Crippen molar-refractivity contribution in [3.63, 3.8) is 0 Å². The molecule has 0 amide bonds. The molecule has 0 bridgehead atoms. The molecule has 2 aromatic carbocycles. The molecule has 1 aliphatic heterocycles. The number of sulfonamides is 1. The Morgan fingerprint density at radius 1 is 1.07 bits per heavy atom. The maximum atomic E-state index is 12.8. The van der Waals surface area contributed by atoms with E-state index in [2.05, 4.69) is 31.0 Å². The molecule has 0 unspecified atom stereocenters. The molecule has 2 heterocycles. The SMILES string of the molecule is Cc1ccc(-c2noc(CN3CCN(S(=O)(=O)c4cccc(Br)c4)CC3)n2)cc1. The van der Waals surface area contributed by atoms with Crippen LogP contribution in [0.5, 0.6) is 0 Å². The van der Waals surface area contributed by atoms with E-state index >= 15 is 0 Å². The highest BCUT2D eigenvalue weighted by Gasteiger charge is 2.29. The molecule has 152 valence electrons. The summed E-state index contributed by atoms with van der Waals surface area (Å²) >= 11 is 3.33. The Bertz CT molecular complexity index is 1090. The molecule has 0 atom stereocenters. The van der Waals surface area contributed by atoms with Gasteiger partial charge in [0.15, 0.2) is 0 Å². The molecule has 4 rings (SSSR count). The largest absolute Gasteiger partial charge is 0.338 e. The Morgan fingerprint density at radius 2 is 1.79 bits per heavy atom. The fourth-order valence-electron chi connectivity index (χ4n) is 3.23. The second kappa shape index (κ2) is 8.35. The van der Waals surface area contributed by atoms with E-state index in [4.69, 9.17) is 4.52 Å². The van der Waals surface area contributed by atoms with Gasteiger partial charge in [-0.05, 0) is 25.1 Å². The zero-order valence-electron chi connectivity index (χ0n) is 16.0. The molecular weight excluding hydrogens is 456 g/mol. The summed E-state index contributed by atoms with van der Waals surface area (Å²) in [7, 11) is -3.49. The van der Waals surface area contributed by atoms with Crippen molar-refractivity contribution >= 4 is 26.0 Å². The summed E-state index contributed by atoms with van der Waals surface area (Å²) in [5, 5.41) is 4.06. The zero-order chi connectivity index (χ0) is 20.4. The number of halogens is 1. The van der Waals surface area contributed by atoms with Gasteiger partial charge in [0.2, 0.25) is 21.7 Å². The van der Waals surface area contributed by atoms with Crippen molar-refractivity contribution in [1.29, 1.82) is 0 Å². The quantitative estimate of drug-likeness (QED) is 0.561. The first kappa shape index (κ1) is 20.2. The van der Waals surface area contributed by atoms with E-state index in [0.717, 1.165) is 10.0 Å². The van der Waals surface area contributed by atoms with E-state index < -0.39 is 10.0 Å². The summed E-state index contributed by atoms with van der Waals surface area (Å²) < 4.78 is 33.3. The molecule has 0 saturated carbocycles. The number of aryl methyl sites for hydroxylation is 1. The number of benzene rings is 2. The molecule has 3 aromatic rings. The number of hydrogen-bond acceptors (Lipinski definition) is 6. The Hall–Kier alpha value is -2.07. The van der Waals surface area contributed by atoms with Crippen molar-refractivity contribution in [2.75, 3.05) is 26.2 Å². The average Bonchev–Trinajstić information content (AvgIpc) is 3.17. The van der Waals surface area contributed by atoms with E-state index in [1.54, 1.807) is 18.2 Å². The minimum atomic E-state index is -3.49. The topological polar surface area (TPSA) is 79.5 Å². The lowest BCUT2D eigenvalue weighted by Crippen LogP contribution is -2.48. The first-order valence-electron chi connectivity index (χ1n) is 9.29. The highest BCUT2D eigenvalue weighted by atomic mass is 79.9. The van der Waals surface area contributed by atoms with Gasteiger partial charge in [-0.2, -0.15) is 9.29 Å². The van der Waals surface area contributed by atoms with E-state index in [1.807, 2.05) is 37.3 Å². The predicted octanol–water partition coefficient (Wildman–Crippen LogP) is 3.31. The number of piperazine rings is 1. The first-order valence-corrected chi connectivity index (χ1v) is 11.5. The minimum Gasteiger partial charge on any atom is -0.338 e. The van der Waals surface area contributed by atoms with Crippen molar-refractivity contribution in [2.24, 2.45) is 0 Å². The van der Waals surface area contributed by atoms with Gasteiger partial charge in [0.05, 0.1) is 11.4 Å². The van der Waals surface area contributed by atoms with Crippen LogP contribution in [-0.2, 0) is 16.6 Å². The van der Waals surface area contributed by atoms with Crippen LogP contribution in [0.1, 0.15) is 11.5 Å². The third-order valence-electron chi connectivity index (χ3n) is 4.90. The van der Waals surface area contributed by atoms with Gasteiger partial charge < -0.3 is 4.52 Å². The summed E-state index contributed by atoms with van der Waals surface area (Å²) in [4.78, 5) is 6.90. The van der Waals surface area contributed by atoms with Crippen LogP contribution >= 0.6 is 15.9 Å². The second-order valence-electron chi connectivity index (χ2n) is 7.02. The Kier molecular flexibility index (Phi) is 5.82. The summed E-state index contributed by atoms with van der Waals surface area (Å²) in [6, 6.07) is 14.8. The van der Waals surface area contributed by atoms with Crippen LogP contribution in [-0.4, -0.2) is 53.9 Å². The van der Waals surface area contributed by atoms with Crippen LogP contribution in [0.2, 0.25) is 0 Å². The van der Waals surface area contributed by atoms with Crippen LogP contribution in [0.15, 0.2) is 62.4 Å². The Balaban J connectivity index is 1.37. The van der Waals surface area contributed by atoms with Gasteiger partial charge in [-0.1, -0.05) is 57.0 Å². The molecule has 0 aliphatic carbocycles. The second-order valence-corrected chi connectivity index (χ2v) is 9.87. The highest BCUT2D eigenvalue weighted by Crippen LogP contribution is 2.22. The molecular formula is C20H21BrN4O3S. The number of nitrogens with zero attached hydrogens (tertiary/aromatic N) is 4. The monoisotopic (exact) mass is 476 g/mol. The average molecular weight is 477 g/mol. The van der Waals surface area contributed by atoms with E-state index in [9.17, 15) is 8.42 Å². The van der Waals surface area contributed by atoms with E-state index in [1.165, 1.54) is 9.87 Å². The number of hydrogen-bond donors (Lipinski definition) is 0. The summed E-state index contributed by atoms with van der Waals surface area (Å²) in [5.41, 5.74) is 2.09. The molecule has 0 radical (unpaired) electrons. The van der Waals surface area contributed by atoms with Crippen molar-refractivity contribution in [3.05, 3.63) is 64.5 Å². The molecule has 29 heavy (non-hydrogen) atoms. The van der Waals surface area contributed by atoms with E-state index in [0.29, 0.717) is 49.3 Å². The van der Waals surface area contributed by atoms with Gasteiger partial charge in [-0.25, -0.2) is 8.42 Å². The van der Waals surface area contributed by atoms with Gasteiger partial charge in [0.1, 0.15) is 0 Å². The van der Waals surface area contributed by atoms with Crippen molar-refractivity contribution in [1.82, 2.24) is 19.3 Å². The molecule has 1 fully saturated rings. The van der Waals surface area contributed by atoms with Crippen LogP contribution < -0.4 is 0 Å². The van der Waals surface area contributed by atoms with Crippen LogP contribution in [0.25, 0.3) is 11.4 Å². The number of rotatable bonds is 5.